The van der Waals surface area contributed by atoms with Crippen LogP contribution in [0.4, 0.5) is 8.78 Å². The molecule has 0 saturated heterocycles. The van der Waals surface area contributed by atoms with Gasteiger partial charge in [-0.3, -0.25) is 0 Å². The zero-order valence-electron chi connectivity index (χ0n) is 8.46. The molecule has 7 heteroatoms. The van der Waals surface area contributed by atoms with Crippen LogP contribution in [0.15, 0.2) is 6.07 Å². The number of alkyl halides is 2. The summed E-state index contributed by atoms with van der Waals surface area (Å²) in [5, 5.41) is 0. The summed E-state index contributed by atoms with van der Waals surface area (Å²) in [5.74, 6) is -0.830. The van der Waals surface area contributed by atoms with E-state index in [1.54, 1.807) is 22.6 Å². The maximum absolute atomic E-state index is 12.4. The topological polar surface area (TPSA) is 48.4 Å². The molecule has 0 radical (unpaired) electrons. The smallest absolute Gasteiger partial charge is 0.344 e. The summed E-state index contributed by atoms with van der Waals surface area (Å²) in [6, 6.07) is 1.12. The fourth-order valence-electron chi connectivity index (χ4n) is 1.06. The van der Waals surface area contributed by atoms with Crippen molar-refractivity contribution in [3.8, 4) is 5.88 Å². The SMILES string of the molecule is COC(=O)c1c(I)cc(C(F)F)nc1OC. The van der Waals surface area contributed by atoms with Crippen LogP contribution >= 0.6 is 22.6 Å². The standard InChI is InChI=1S/C9H8F2INO3/c1-15-8-6(9(14)16-2)4(12)3-5(13-8)7(10)11/h3,7H,1-2H3. The number of carbonyl (C=O) groups is 1. The Morgan fingerprint density at radius 2 is 2.12 bits per heavy atom. The molecule has 0 aromatic carbocycles. The number of carbonyl (C=O) groups excluding carboxylic acids is 1. The minimum Gasteiger partial charge on any atom is -0.480 e. The molecule has 16 heavy (non-hydrogen) atoms. The molecule has 0 aliphatic carbocycles. The number of ether oxygens (including phenoxy) is 2. The van der Waals surface area contributed by atoms with Gasteiger partial charge in [0.25, 0.3) is 6.43 Å². The molecule has 0 aliphatic heterocycles. The Hall–Kier alpha value is -0.990. The van der Waals surface area contributed by atoms with Crippen molar-refractivity contribution >= 4 is 28.6 Å². The Balaban J connectivity index is 3.34. The number of hydrogen-bond acceptors (Lipinski definition) is 4. The van der Waals surface area contributed by atoms with Crippen molar-refractivity contribution in [3.05, 3.63) is 20.9 Å². The van der Waals surface area contributed by atoms with Gasteiger partial charge in [-0.05, 0) is 28.7 Å². The zero-order valence-corrected chi connectivity index (χ0v) is 10.6. The first-order valence-electron chi connectivity index (χ1n) is 4.12. The second kappa shape index (κ2) is 5.37. The monoisotopic (exact) mass is 343 g/mol. The van der Waals surface area contributed by atoms with Crippen molar-refractivity contribution in [1.29, 1.82) is 0 Å². The van der Waals surface area contributed by atoms with Crippen molar-refractivity contribution in [1.82, 2.24) is 4.98 Å². The van der Waals surface area contributed by atoms with Crippen molar-refractivity contribution in [2.75, 3.05) is 14.2 Å². The maximum atomic E-state index is 12.4. The van der Waals surface area contributed by atoms with Crippen LogP contribution < -0.4 is 4.74 Å². The first-order valence-corrected chi connectivity index (χ1v) is 5.20. The van der Waals surface area contributed by atoms with Crippen molar-refractivity contribution in [3.63, 3.8) is 0 Å². The van der Waals surface area contributed by atoms with E-state index in [1.807, 2.05) is 0 Å². The molecule has 88 valence electrons. The summed E-state index contributed by atoms with van der Waals surface area (Å²) in [7, 11) is 2.44. The number of esters is 1. The second-order valence-corrected chi connectivity index (χ2v) is 3.87. The van der Waals surface area contributed by atoms with Crippen LogP contribution in [-0.4, -0.2) is 25.2 Å². The van der Waals surface area contributed by atoms with Crippen LogP contribution in [0.3, 0.4) is 0 Å². The minimum atomic E-state index is -2.71. The molecule has 4 nitrogen and oxygen atoms in total. The Morgan fingerprint density at radius 1 is 1.50 bits per heavy atom. The molecule has 0 unspecified atom stereocenters. The lowest BCUT2D eigenvalue weighted by atomic mass is 10.2. The average molecular weight is 343 g/mol. The highest BCUT2D eigenvalue weighted by Gasteiger charge is 2.22. The highest BCUT2D eigenvalue weighted by atomic mass is 127. The lowest BCUT2D eigenvalue weighted by Gasteiger charge is -2.09. The van der Waals surface area contributed by atoms with Crippen molar-refractivity contribution in [2.24, 2.45) is 0 Å². The van der Waals surface area contributed by atoms with Crippen LogP contribution in [-0.2, 0) is 4.74 Å². The quantitative estimate of drug-likeness (QED) is 0.625. The van der Waals surface area contributed by atoms with E-state index in [0.29, 0.717) is 3.57 Å². The third kappa shape index (κ3) is 2.57. The number of rotatable bonds is 3. The average Bonchev–Trinajstić information content (AvgIpc) is 2.26. The van der Waals surface area contributed by atoms with E-state index in [-0.39, 0.29) is 11.4 Å². The highest BCUT2D eigenvalue weighted by molar-refractivity contribution is 14.1. The summed E-state index contributed by atoms with van der Waals surface area (Å²) in [5.41, 5.74) is -0.385. The van der Waals surface area contributed by atoms with Crippen LogP contribution in [0.25, 0.3) is 0 Å². The molecule has 0 aliphatic rings. The van der Waals surface area contributed by atoms with E-state index in [0.717, 1.165) is 6.07 Å². The summed E-state index contributed by atoms with van der Waals surface area (Å²) >= 11 is 1.75. The lowest BCUT2D eigenvalue weighted by Crippen LogP contribution is -2.09. The fourth-order valence-corrected chi connectivity index (χ4v) is 1.83. The molecule has 1 rings (SSSR count). The van der Waals surface area contributed by atoms with Crippen LogP contribution in [0, 0.1) is 3.57 Å². The Morgan fingerprint density at radius 3 is 2.56 bits per heavy atom. The van der Waals surface area contributed by atoms with Gasteiger partial charge in [-0.2, -0.15) is 0 Å². The van der Waals surface area contributed by atoms with Crippen LogP contribution in [0.5, 0.6) is 5.88 Å². The molecule has 0 bridgehead atoms. The molecular weight excluding hydrogens is 335 g/mol. The summed E-state index contributed by atoms with van der Waals surface area (Å²) < 4.78 is 34.5. The van der Waals surface area contributed by atoms with E-state index < -0.39 is 18.1 Å². The van der Waals surface area contributed by atoms with Gasteiger partial charge in [0.2, 0.25) is 5.88 Å². The van der Waals surface area contributed by atoms with E-state index in [2.05, 4.69) is 9.72 Å². The Bertz CT molecular complexity index is 412. The minimum absolute atomic E-state index is 0.0509. The second-order valence-electron chi connectivity index (χ2n) is 2.71. The number of pyridine rings is 1. The number of hydrogen-bond donors (Lipinski definition) is 0. The summed E-state index contributed by atoms with van der Waals surface area (Å²) in [6.45, 7) is 0. The molecule has 1 aromatic heterocycles. The third-order valence-electron chi connectivity index (χ3n) is 1.76. The number of methoxy groups -OCH3 is 2. The van der Waals surface area contributed by atoms with E-state index in [9.17, 15) is 13.6 Å². The molecule has 1 heterocycles. The molecule has 0 spiro atoms. The first kappa shape index (κ1) is 13.1. The van der Waals surface area contributed by atoms with Gasteiger partial charge in [0.1, 0.15) is 11.3 Å². The number of nitrogens with zero attached hydrogens (tertiary/aromatic N) is 1. The molecule has 1 aromatic rings. The third-order valence-corrected chi connectivity index (χ3v) is 2.62. The van der Waals surface area contributed by atoms with E-state index in [1.165, 1.54) is 14.2 Å². The molecule has 0 N–H and O–H groups in total. The van der Waals surface area contributed by atoms with Gasteiger partial charge in [0.15, 0.2) is 0 Å². The molecular formula is C9H8F2INO3. The van der Waals surface area contributed by atoms with E-state index in [4.69, 9.17) is 4.74 Å². The molecule has 0 amide bonds. The predicted octanol–water partition coefficient (Wildman–Crippen LogP) is 2.42. The van der Waals surface area contributed by atoms with Crippen molar-refractivity contribution in [2.45, 2.75) is 6.43 Å². The normalized spacial score (nSPS) is 10.4. The Labute approximate surface area is 104 Å². The number of halogens is 3. The fraction of sp³-hybridized carbons (Fsp3) is 0.333. The van der Waals surface area contributed by atoms with Gasteiger partial charge < -0.3 is 9.47 Å². The van der Waals surface area contributed by atoms with Gasteiger partial charge in [0.05, 0.1) is 14.2 Å². The molecule has 0 atom stereocenters. The highest BCUT2D eigenvalue weighted by Crippen LogP contribution is 2.27. The van der Waals surface area contributed by atoms with E-state index >= 15 is 0 Å². The van der Waals surface area contributed by atoms with Crippen molar-refractivity contribution < 1.29 is 23.0 Å². The Kier molecular flexibility index (Phi) is 4.39. The molecule has 0 saturated carbocycles. The van der Waals surface area contributed by atoms with Crippen LogP contribution in [0.1, 0.15) is 22.5 Å². The largest absolute Gasteiger partial charge is 0.480 e. The summed E-state index contributed by atoms with van der Waals surface area (Å²) in [4.78, 5) is 14.9. The van der Waals surface area contributed by atoms with Gasteiger partial charge in [-0.1, -0.05) is 0 Å². The van der Waals surface area contributed by atoms with Gasteiger partial charge in [-0.15, -0.1) is 0 Å². The number of aromatic nitrogens is 1. The van der Waals surface area contributed by atoms with Gasteiger partial charge in [-0.25, -0.2) is 18.6 Å². The van der Waals surface area contributed by atoms with Crippen LogP contribution in [0.2, 0.25) is 0 Å². The summed E-state index contributed by atoms with van der Waals surface area (Å²) in [6.07, 6.45) is -2.71. The molecule has 0 fully saturated rings. The lowest BCUT2D eigenvalue weighted by molar-refractivity contribution is 0.0594. The first-order chi connectivity index (χ1) is 7.51. The predicted molar refractivity (Wildman–Crippen MR) is 59.8 cm³/mol. The van der Waals surface area contributed by atoms with Gasteiger partial charge >= 0.3 is 5.97 Å². The maximum Gasteiger partial charge on any atom is 0.344 e. The van der Waals surface area contributed by atoms with Gasteiger partial charge in [0, 0.05) is 3.57 Å². The zero-order chi connectivity index (χ0) is 12.3.